The Morgan fingerprint density at radius 3 is 2.66 bits per heavy atom. The van der Waals surface area contributed by atoms with Gasteiger partial charge in [-0.2, -0.15) is 11.8 Å². The van der Waals surface area contributed by atoms with E-state index in [0.29, 0.717) is 26.1 Å². The van der Waals surface area contributed by atoms with Gasteiger partial charge in [0.15, 0.2) is 0 Å². The number of nitrogens with two attached hydrogens (primary N) is 1. The van der Waals surface area contributed by atoms with E-state index in [4.69, 9.17) is 5.73 Å². The monoisotopic (exact) mass is 421 g/mol. The van der Waals surface area contributed by atoms with Crippen LogP contribution in [0.25, 0.3) is 0 Å². The van der Waals surface area contributed by atoms with E-state index in [-0.39, 0.29) is 17.9 Å². The molecule has 2 rings (SSSR count). The summed E-state index contributed by atoms with van der Waals surface area (Å²) < 4.78 is 0. The first-order chi connectivity index (χ1) is 13.9. The number of aryl methyl sites for hydroxylation is 1. The second-order valence-electron chi connectivity index (χ2n) is 7.34. The molecule has 8 nitrogen and oxygen atoms in total. The summed E-state index contributed by atoms with van der Waals surface area (Å²) in [5.41, 5.74) is 7.10. The minimum absolute atomic E-state index is 0.105. The van der Waals surface area contributed by atoms with Gasteiger partial charge in [0.05, 0.1) is 0 Å². The number of carbonyl (C=O) groups excluding carboxylic acids is 3. The molecular formula is C20H31N5O3S. The Kier molecular flexibility index (Phi) is 9.11. The Bertz CT molecular complexity index is 698. The average molecular weight is 422 g/mol. The molecule has 0 bridgehead atoms. The van der Waals surface area contributed by atoms with E-state index in [0.717, 1.165) is 29.8 Å². The van der Waals surface area contributed by atoms with Crippen LogP contribution in [0.2, 0.25) is 0 Å². The zero-order chi connectivity index (χ0) is 21.2. The predicted molar refractivity (Wildman–Crippen MR) is 117 cm³/mol. The van der Waals surface area contributed by atoms with Crippen LogP contribution < -0.4 is 21.7 Å². The summed E-state index contributed by atoms with van der Waals surface area (Å²) in [7, 11) is 0. The molecule has 1 saturated heterocycles. The SMILES string of the molecule is CSCCC(NC(N)=O)C(=O)N1CCCC(CNC(=O)Nc2ccc(C)cc2)C1. The minimum Gasteiger partial charge on any atom is -0.352 e. The molecule has 160 valence electrons. The first-order valence-electron chi connectivity index (χ1n) is 9.84. The lowest BCUT2D eigenvalue weighted by Crippen LogP contribution is -2.53. The van der Waals surface area contributed by atoms with Crippen LogP contribution in [0.3, 0.4) is 0 Å². The zero-order valence-corrected chi connectivity index (χ0v) is 17.9. The van der Waals surface area contributed by atoms with Gasteiger partial charge in [-0.05, 0) is 56.2 Å². The van der Waals surface area contributed by atoms with Crippen LogP contribution in [0.4, 0.5) is 15.3 Å². The molecule has 5 amide bonds. The molecule has 1 heterocycles. The molecule has 0 aliphatic carbocycles. The maximum absolute atomic E-state index is 12.8. The largest absolute Gasteiger partial charge is 0.352 e. The fourth-order valence-corrected chi connectivity index (χ4v) is 3.84. The third-order valence-electron chi connectivity index (χ3n) is 4.92. The van der Waals surface area contributed by atoms with Crippen molar-refractivity contribution in [1.82, 2.24) is 15.5 Å². The number of anilines is 1. The summed E-state index contributed by atoms with van der Waals surface area (Å²) in [6.07, 6.45) is 4.30. The summed E-state index contributed by atoms with van der Waals surface area (Å²) in [6.45, 7) is 3.69. The summed E-state index contributed by atoms with van der Waals surface area (Å²) in [6, 6.07) is 6.04. The zero-order valence-electron chi connectivity index (χ0n) is 17.1. The highest BCUT2D eigenvalue weighted by atomic mass is 32.2. The quantitative estimate of drug-likeness (QED) is 0.514. The van der Waals surface area contributed by atoms with Crippen LogP contribution in [0.5, 0.6) is 0 Å². The van der Waals surface area contributed by atoms with Crippen molar-refractivity contribution in [2.75, 3.05) is 37.0 Å². The molecule has 0 saturated carbocycles. The Morgan fingerprint density at radius 2 is 2.00 bits per heavy atom. The van der Waals surface area contributed by atoms with Crippen LogP contribution >= 0.6 is 11.8 Å². The van der Waals surface area contributed by atoms with Gasteiger partial charge in [0.25, 0.3) is 0 Å². The van der Waals surface area contributed by atoms with Crippen molar-refractivity contribution in [3.63, 3.8) is 0 Å². The molecule has 1 aromatic carbocycles. The molecule has 1 aliphatic heterocycles. The van der Waals surface area contributed by atoms with Crippen molar-refractivity contribution < 1.29 is 14.4 Å². The van der Waals surface area contributed by atoms with Crippen molar-refractivity contribution in [1.29, 1.82) is 0 Å². The number of rotatable bonds is 8. The molecule has 9 heteroatoms. The lowest BCUT2D eigenvalue weighted by molar-refractivity contribution is -0.135. The first-order valence-corrected chi connectivity index (χ1v) is 11.2. The Balaban J connectivity index is 1.83. The molecule has 0 spiro atoms. The fourth-order valence-electron chi connectivity index (χ4n) is 3.37. The van der Waals surface area contributed by atoms with Crippen LogP contribution in [0.15, 0.2) is 24.3 Å². The number of piperidine rings is 1. The summed E-state index contributed by atoms with van der Waals surface area (Å²) in [5.74, 6) is 0.826. The number of urea groups is 2. The molecular weight excluding hydrogens is 390 g/mol. The van der Waals surface area contributed by atoms with E-state index in [2.05, 4.69) is 16.0 Å². The number of benzene rings is 1. The van der Waals surface area contributed by atoms with Gasteiger partial charge in [0.2, 0.25) is 5.91 Å². The third kappa shape index (κ3) is 7.84. The number of thioether (sulfide) groups is 1. The molecule has 2 atom stereocenters. The second kappa shape index (κ2) is 11.5. The van der Waals surface area contributed by atoms with E-state index in [1.807, 2.05) is 37.4 Å². The topological polar surface area (TPSA) is 117 Å². The lowest BCUT2D eigenvalue weighted by Gasteiger charge is -2.35. The first kappa shape index (κ1) is 22.9. The average Bonchev–Trinajstić information content (AvgIpc) is 2.70. The van der Waals surface area contributed by atoms with E-state index in [1.54, 1.807) is 16.7 Å². The van der Waals surface area contributed by atoms with Gasteiger partial charge in [-0.15, -0.1) is 0 Å². The highest BCUT2D eigenvalue weighted by molar-refractivity contribution is 7.98. The lowest BCUT2D eigenvalue weighted by atomic mass is 9.97. The second-order valence-corrected chi connectivity index (χ2v) is 8.32. The van der Waals surface area contributed by atoms with Gasteiger partial charge in [0, 0.05) is 25.3 Å². The van der Waals surface area contributed by atoms with Crippen molar-refractivity contribution in [3.8, 4) is 0 Å². The highest BCUT2D eigenvalue weighted by Crippen LogP contribution is 2.18. The van der Waals surface area contributed by atoms with Gasteiger partial charge in [-0.1, -0.05) is 17.7 Å². The number of likely N-dealkylation sites (tertiary alicyclic amines) is 1. The van der Waals surface area contributed by atoms with Gasteiger partial charge >= 0.3 is 12.1 Å². The van der Waals surface area contributed by atoms with E-state index >= 15 is 0 Å². The Hall–Kier alpha value is -2.42. The number of carbonyl (C=O) groups is 3. The van der Waals surface area contributed by atoms with E-state index in [1.165, 1.54) is 0 Å². The summed E-state index contributed by atoms with van der Waals surface area (Å²) in [5, 5.41) is 8.26. The van der Waals surface area contributed by atoms with Crippen LogP contribution in [0.1, 0.15) is 24.8 Å². The molecule has 1 fully saturated rings. The fraction of sp³-hybridized carbons (Fsp3) is 0.550. The van der Waals surface area contributed by atoms with Crippen molar-refractivity contribution >= 4 is 35.4 Å². The van der Waals surface area contributed by atoms with Crippen LogP contribution in [-0.2, 0) is 4.79 Å². The summed E-state index contributed by atoms with van der Waals surface area (Å²) >= 11 is 1.62. The van der Waals surface area contributed by atoms with Gasteiger partial charge in [0.1, 0.15) is 6.04 Å². The standard InChI is InChI=1S/C20H31N5O3S/c1-14-5-7-16(8-6-14)23-20(28)22-12-15-4-3-10-25(13-15)18(26)17(9-11-29-2)24-19(21)27/h5-8,15,17H,3-4,9-13H2,1-2H3,(H3,21,24,27)(H2,22,23,28). The molecule has 1 aromatic rings. The number of nitrogens with zero attached hydrogens (tertiary/aromatic N) is 1. The van der Waals surface area contributed by atoms with Crippen LogP contribution in [-0.4, -0.2) is 60.6 Å². The van der Waals surface area contributed by atoms with Crippen molar-refractivity contribution in [3.05, 3.63) is 29.8 Å². The van der Waals surface area contributed by atoms with E-state index in [9.17, 15) is 14.4 Å². The predicted octanol–water partition coefficient (Wildman–Crippen LogP) is 2.15. The van der Waals surface area contributed by atoms with Gasteiger partial charge < -0.3 is 26.6 Å². The van der Waals surface area contributed by atoms with Gasteiger partial charge in [-0.25, -0.2) is 9.59 Å². The normalized spacial score (nSPS) is 17.3. The molecule has 5 N–H and O–H groups in total. The Morgan fingerprint density at radius 1 is 1.28 bits per heavy atom. The minimum atomic E-state index is -0.688. The van der Waals surface area contributed by atoms with Gasteiger partial charge in [-0.3, -0.25) is 4.79 Å². The molecule has 0 radical (unpaired) electrons. The number of nitrogens with one attached hydrogen (secondary N) is 3. The van der Waals surface area contributed by atoms with Crippen LogP contribution in [0, 0.1) is 12.8 Å². The van der Waals surface area contributed by atoms with Crippen molar-refractivity contribution in [2.45, 2.75) is 32.2 Å². The smallest absolute Gasteiger partial charge is 0.319 e. The highest BCUT2D eigenvalue weighted by Gasteiger charge is 2.29. The maximum Gasteiger partial charge on any atom is 0.319 e. The number of hydrogen-bond acceptors (Lipinski definition) is 4. The number of hydrogen-bond donors (Lipinski definition) is 4. The number of primary amides is 1. The summed E-state index contributed by atoms with van der Waals surface area (Å²) in [4.78, 5) is 38.0. The maximum atomic E-state index is 12.8. The number of amides is 5. The molecule has 2 unspecified atom stereocenters. The third-order valence-corrected chi connectivity index (χ3v) is 5.56. The molecule has 1 aliphatic rings. The van der Waals surface area contributed by atoms with Crippen molar-refractivity contribution in [2.24, 2.45) is 11.7 Å². The Labute approximate surface area is 176 Å². The molecule has 29 heavy (non-hydrogen) atoms. The molecule has 0 aromatic heterocycles. The van der Waals surface area contributed by atoms with E-state index < -0.39 is 12.1 Å².